The van der Waals surface area contributed by atoms with E-state index in [1.165, 1.54) is 36.0 Å². The number of ketones is 1. The molecule has 0 unspecified atom stereocenters. The molecule has 0 radical (unpaired) electrons. The summed E-state index contributed by atoms with van der Waals surface area (Å²) < 4.78 is 37.9. The fourth-order valence-electron chi connectivity index (χ4n) is 8.30. The highest BCUT2D eigenvalue weighted by Gasteiger charge is 2.52. The molecule has 3 aromatic carbocycles. The number of likely N-dealkylation sites (tertiary alicyclic amines) is 1. The summed E-state index contributed by atoms with van der Waals surface area (Å²) in [5, 5.41) is 13.7. The topological polar surface area (TPSA) is 201 Å². The number of hydroxylamine groups is 2. The summed E-state index contributed by atoms with van der Waals surface area (Å²) in [5.74, 6) is -12.1. The van der Waals surface area contributed by atoms with Gasteiger partial charge in [-0.3, -0.25) is 38.6 Å². The van der Waals surface area contributed by atoms with Gasteiger partial charge in [0.2, 0.25) is 23.5 Å². The molecule has 4 aromatic rings. The number of nitrogens with zero attached hydrogens (tertiary/aromatic N) is 4. The molecule has 2 aliphatic heterocycles. The van der Waals surface area contributed by atoms with Gasteiger partial charge in [-0.25, -0.2) is 4.98 Å². The molecule has 358 valence electrons. The van der Waals surface area contributed by atoms with Gasteiger partial charge in [0, 0.05) is 38.4 Å². The van der Waals surface area contributed by atoms with E-state index in [1.54, 1.807) is 57.9 Å². The number of carbonyl (C=O) groups is 6. The number of alkyl halides is 2. The molecule has 1 saturated heterocycles. The van der Waals surface area contributed by atoms with Crippen LogP contribution in [-0.4, -0.2) is 111 Å². The molecule has 2 aliphatic rings. The number of aromatic nitrogens is 2. The van der Waals surface area contributed by atoms with Crippen LogP contribution in [0.25, 0.3) is 10.8 Å². The highest BCUT2D eigenvalue weighted by molar-refractivity contribution is 6.11. The van der Waals surface area contributed by atoms with E-state index in [0.29, 0.717) is 18.7 Å². The summed E-state index contributed by atoms with van der Waals surface area (Å²) in [4.78, 5) is 97.7. The Bertz CT molecular complexity index is 2400. The molecule has 18 heteroatoms. The van der Waals surface area contributed by atoms with Gasteiger partial charge in [0.1, 0.15) is 23.8 Å². The first-order chi connectivity index (χ1) is 32.0. The smallest absolute Gasteiger partial charge is 0.348 e. The number of benzene rings is 3. The van der Waals surface area contributed by atoms with Gasteiger partial charge >= 0.3 is 5.92 Å². The van der Waals surface area contributed by atoms with Crippen LogP contribution in [0.1, 0.15) is 94.0 Å². The maximum atomic E-state index is 15.9. The van der Waals surface area contributed by atoms with Crippen LogP contribution in [0.5, 0.6) is 0 Å². The van der Waals surface area contributed by atoms with Gasteiger partial charge < -0.3 is 30.9 Å². The lowest BCUT2D eigenvalue weighted by atomic mass is 9.98. The van der Waals surface area contributed by atoms with Crippen molar-refractivity contribution < 1.29 is 47.1 Å². The molecule has 6 rings (SSSR count). The first-order valence-electron chi connectivity index (χ1n) is 22.7. The van der Waals surface area contributed by atoms with Gasteiger partial charge in [-0.2, -0.15) is 13.8 Å². The number of fused-ring (bicyclic) bond motifs is 2. The molecule has 0 bridgehead atoms. The lowest BCUT2D eigenvalue weighted by Crippen LogP contribution is -2.60. The first-order valence-corrected chi connectivity index (χ1v) is 22.7. The molecule has 67 heavy (non-hydrogen) atoms. The molecular formula is C49H60F2N8O8. The predicted octanol–water partition coefficient (Wildman–Crippen LogP) is 4.83. The Labute approximate surface area is 388 Å². The van der Waals surface area contributed by atoms with E-state index >= 15 is 8.78 Å². The Morgan fingerprint density at radius 1 is 0.836 bits per heavy atom. The van der Waals surface area contributed by atoms with Crippen molar-refractivity contribution in [2.45, 2.75) is 116 Å². The minimum Gasteiger partial charge on any atom is -0.348 e. The number of nitrogens with one attached hydrogen (secondary N) is 4. The van der Waals surface area contributed by atoms with E-state index in [1.807, 2.05) is 42.5 Å². The Morgan fingerprint density at radius 2 is 1.54 bits per heavy atom. The predicted molar refractivity (Wildman–Crippen MR) is 244 cm³/mol. The van der Waals surface area contributed by atoms with Crippen molar-refractivity contribution in [3.63, 3.8) is 0 Å². The zero-order valence-electron chi connectivity index (χ0n) is 38.7. The number of amides is 5. The van der Waals surface area contributed by atoms with Crippen LogP contribution in [0.15, 0.2) is 85.3 Å². The summed E-state index contributed by atoms with van der Waals surface area (Å²) in [5.41, 5.74) is 2.86. The fourth-order valence-corrected chi connectivity index (χ4v) is 8.30. The van der Waals surface area contributed by atoms with E-state index < -0.39 is 89.4 Å². The van der Waals surface area contributed by atoms with Gasteiger partial charge in [-0.1, -0.05) is 102 Å². The van der Waals surface area contributed by atoms with Gasteiger partial charge in [0.15, 0.2) is 6.79 Å². The Morgan fingerprint density at radius 3 is 2.22 bits per heavy atom. The third-order valence-electron chi connectivity index (χ3n) is 12.2. The van der Waals surface area contributed by atoms with Crippen LogP contribution in [0, 0.1) is 11.8 Å². The fraction of sp³-hybridized carbons (Fsp3) is 0.469. The number of rotatable bonds is 20. The molecule has 5 amide bonds. The first kappa shape index (κ1) is 50.2. The average molecular weight is 927 g/mol. The van der Waals surface area contributed by atoms with Crippen molar-refractivity contribution >= 4 is 46.1 Å². The van der Waals surface area contributed by atoms with Crippen LogP contribution in [0.3, 0.4) is 0 Å². The molecule has 1 fully saturated rings. The highest BCUT2D eigenvalue weighted by atomic mass is 19.3. The quantitative estimate of drug-likeness (QED) is 0.0700. The Hall–Kier alpha value is -6.24. The number of carbonyl (C=O) groups excluding carboxylic acids is 6. The van der Waals surface area contributed by atoms with Crippen molar-refractivity contribution in [2.75, 3.05) is 19.9 Å². The summed E-state index contributed by atoms with van der Waals surface area (Å²) in [6, 6.07) is 14.3. The molecule has 1 aromatic heterocycles. The normalized spacial score (nSPS) is 18.1. The number of ether oxygens (including phenoxy) is 1. The van der Waals surface area contributed by atoms with E-state index in [4.69, 9.17) is 9.57 Å². The molecule has 0 aliphatic carbocycles. The second kappa shape index (κ2) is 22.5. The van der Waals surface area contributed by atoms with Crippen LogP contribution >= 0.6 is 0 Å². The zero-order valence-corrected chi connectivity index (χ0v) is 38.7. The van der Waals surface area contributed by atoms with E-state index in [2.05, 4.69) is 37.3 Å². The van der Waals surface area contributed by atoms with Crippen LogP contribution in [0.4, 0.5) is 8.78 Å². The van der Waals surface area contributed by atoms with Crippen LogP contribution in [-0.2, 0) is 46.5 Å². The van der Waals surface area contributed by atoms with Crippen molar-refractivity contribution in [3.05, 3.63) is 108 Å². The zero-order chi connectivity index (χ0) is 48.4. The molecule has 0 spiro atoms. The molecule has 6 atom stereocenters. The largest absolute Gasteiger partial charge is 0.383 e. The number of halogens is 2. The number of hydrogen-bond acceptors (Lipinski definition) is 11. The SMILES string of the molecule is CCC[C@H](NC(=O)[C@@H]1C[C@@H](OCON2CCc3ccccc3C2)CN1C(=O)[C@@H](NC(=O)[C@@H](NC(=O)c1cnccn1)C(C)C)C(C)C)C(=O)C(F)(F)C(=O)N[C@@H](C)c1ccc2ccccc2c1. The van der Waals surface area contributed by atoms with Gasteiger partial charge in [0.25, 0.3) is 11.8 Å². The molecule has 4 N–H and O–H groups in total. The van der Waals surface area contributed by atoms with Crippen molar-refractivity contribution in [1.82, 2.24) is 41.2 Å². The molecule has 0 saturated carbocycles. The Kier molecular flexibility index (Phi) is 16.9. The van der Waals surface area contributed by atoms with Crippen molar-refractivity contribution in [3.8, 4) is 0 Å². The second-order valence-electron chi connectivity index (χ2n) is 17.8. The summed E-state index contributed by atoms with van der Waals surface area (Å²) in [6.45, 7) is 10.7. The number of Topliss-reactive ketones (excluding diaryl/α,β-unsaturated/α-hetero) is 1. The monoisotopic (exact) mass is 926 g/mol. The molecule has 3 heterocycles. The highest BCUT2D eigenvalue weighted by Crippen LogP contribution is 2.27. The maximum absolute atomic E-state index is 15.9. The maximum Gasteiger partial charge on any atom is 0.383 e. The third-order valence-corrected chi connectivity index (χ3v) is 12.2. The van der Waals surface area contributed by atoms with Gasteiger partial charge in [0.05, 0.1) is 24.4 Å². The van der Waals surface area contributed by atoms with Gasteiger partial charge in [-0.05, 0) is 65.1 Å². The minimum atomic E-state index is -4.54. The summed E-state index contributed by atoms with van der Waals surface area (Å²) in [7, 11) is 0. The lowest BCUT2D eigenvalue weighted by molar-refractivity contribution is -0.241. The van der Waals surface area contributed by atoms with Crippen LogP contribution in [0.2, 0.25) is 0 Å². The molecular weight excluding hydrogens is 867 g/mol. The summed E-state index contributed by atoms with van der Waals surface area (Å²) in [6.07, 6.45) is 3.79. The molecule has 16 nitrogen and oxygen atoms in total. The van der Waals surface area contributed by atoms with E-state index in [-0.39, 0.29) is 38.3 Å². The standard InChI is InChI=1S/C49H60F2N8O8/c1-7-12-38(43(60)49(50,51)48(65)54-31(6)34-18-17-32-13-8-10-15-35(32)23-34)55-45(62)40-24-37(66-28-67-58-22-19-33-14-9-11-16-36(33)26-58)27-59(40)47(64)42(30(4)5)57-46(63)41(29(2)3)56-44(61)39-25-52-20-21-53-39/h8-11,13-18,20-21,23,25,29-31,37-38,40-42H,7,12,19,22,24,26-28H2,1-6H3,(H,54,65)(H,55,62)(H,56,61)(H,57,63)/t31-,37+,38-,40-,41-,42-/m0/s1. The van der Waals surface area contributed by atoms with Crippen LogP contribution < -0.4 is 21.3 Å². The summed E-state index contributed by atoms with van der Waals surface area (Å²) >= 11 is 0. The minimum absolute atomic E-state index is 0.0164. The Balaban J connectivity index is 1.18. The van der Waals surface area contributed by atoms with Crippen molar-refractivity contribution in [1.29, 1.82) is 0 Å². The third kappa shape index (κ3) is 12.4. The number of hydrogen-bond donors (Lipinski definition) is 4. The van der Waals surface area contributed by atoms with Gasteiger partial charge in [-0.15, -0.1) is 0 Å². The lowest BCUT2D eigenvalue weighted by Gasteiger charge is -2.32. The second-order valence-corrected chi connectivity index (χ2v) is 17.8. The average Bonchev–Trinajstić information content (AvgIpc) is 3.75. The van der Waals surface area contributed by atoms with E-state index in [9.17, 15) is 28.8 Å². The van der Waals surface area contributed by atoms with Crippen molar-refractivity contribution in [2.24, 2.45) is 11.8 Å². The van der Waals surface area contributed by atoms with E-state index in [0.717, 1.165) is 22.8 Å².